The number of unbranched alkanes of at least 4 members (excludes halogenated alkanes) is 21. The van der Waals surface area contributed by atoms with Gasteiger partial charge in [0.1, 0.15) is 0 Å². The monoisotopic (exact) mass is 583 g/mol. The van der Waals surface area contributed by atoms with Gasteiger partial charge in [0.2, 0.25) is 0 Å². The summed E-state index contributed by atoms with van der Waals surface area (Å²) in [5.74, 6) is -1.34. The van der Waals surface area contributed by atoms with Crippen molar-refractivity contribution in [2.24, 2.45) is 0 Å². The predicted octanol–water partition coefficient (Wildman–Crippen LogP) is 11.4. The van der Waals surface area contributed by atoms with Gasteiger partial charge in [-0.05, 0) is 51.4 Å². The number of carboxylic acid groups (broad SMARTS) is 2. The van der Waals surface area contributed by atoms with Crippen LogP contribution in [0.1, 0.15) is 200 Å². The van der Waals surface area contributed by atoms with Gasteiger partial charge in [-0.3, -0.25) is 9.59 Å². The van der Waals surface area contributed by atoms with E-state index in [2.05, 4.69) is 26.0 Å². The number of hydrogen-bond acceptors (Lipinski definition) is 3. The number of rotatable bonds is 31. The number of carbonyl (C=O) groups is 2. The molecule has 3 N–H and O–H groups in total. The highest BCUT2D eigenvalue weighted by Crippen LogP contribution is 2.14. The maximum atomic E-state index is 10.3. The van der Waals surface area contributed by atoms with Crippen LogP contribution < -0.4 is 0 Å². The fourth-order valence-electron chi connectivity index (χ4n) is 5.01. The molecule has 0 bridgehead atoms. The minimum absolute atomic E-state index is 0.0853. The van der Waals surface area contributed by atoms with Gasteiger partial charge in [0, 0.05) is 12.8 Å². The second-order valence-electron chi connectivity index (χ2n) is 12.0. The number of aliphatic hydroxyl groups excluding tert-OH is 1. The second kappa shape index (κ2) is 36.7. The molecule has 0 aliphatic heterocycles. The van der Waals surface area contributed by atoms with Crippen LogP contribution in [0.25, 0.3) is 0 Å². The molecule has 0 aliphatic carbocycles. The average Bonchev–Trinajstić information content (AvgIpc) is 2.94. The van der Waals surface area contributed by atoms with E-state index in [1.807, 2.05) is 0 Å². The number of aliphatic carboxylic acids is 2. The molecule has 5 nitrogen and oxygen atoms in total. The molecule has 0 fully saturated rings. The van der Waals surface area contributed by atoms with Crippen LogP contribution in [0, 0.1) is 0 Å². The van der Waals surface area contributed by atoms with Gasteiger partial charge in [-0.2, -0.15) is 0 Å². The minimum atomic E-state index is -0.678. The van der Waals surface area contributed by atoms with E-state index in [4.69, 9.17) is 10.2 Å². The zero-order chi connectivity index (χ0) is 30.7. The Morgan fingerprint density at radius 2 is 0.756 bits per heavy atom. The summed E-state index contributed by atoms with van der Waals surface area (Å²) < 4.78 is 0. The summed E-state index contributed by atoms with van der Waals surface area (Å²) in [6.07, 6.45) is 37.5. The summed E-state index contributed by atoms with van der Waals surface area (Å²) in [5, 5.41) is 26.9. The molecular formula is C36H70O5. The van der Waals surface area contributed by atoms with Crippen LogP contribution in [0.2, 0.25) is 0 Å². The summed E-state index contributed by atoms with van der Waals surface area (Å²) in [6, 6.07) is 0. The quantitative estimate of drug-likeness (QED) is 0.0558. The highest BCUT2D eigenvalue weighted by Gasteiger charge is 2.03. The molecule has 0 amide bonds. The van der Waals surface area contributed by atoms with Crippen molar-refractivity contribution in [3.8, 4) is 0 Å². The predicted molar refractivity (Wildman–Crippen MR) is 176 cm³/mol. The van der Waals surface area contributed by atoms with E-state index in [0.29, 0.717) is 12.8 Å². The molecule has 5 heteroatoms. The highest BCUT2D eigenvalue weighted by molar-refractivity contribution is 5.66. The molecule has 1 unspecified atom stereocenters. The number of carboxylic acids is 2. The fraction of sp³-hybridized carbons (Fsp3) is 0.889. The minimum Gasteiger partial charge on any atom is -0.481 e. The van der Waals surface area contributed by atoms with Crippen molar-refractivity contribution in [2.45, 2.75) is 206 Å². The molecule has 0 aliphatic rings. The summed E-state index contributed by atoms with van der Waals surface area (Å²) in [5.41, 5.74) is 0. The average molecular weight is 583 g/mol. The van der Waals surface area contributed by atoms with Crippen molar-refractivity contribution in [2.75, 3.05) is 0 Å². The van der Waals surface area contributed by atoms with E-state index in [1.165, 1.54) is 122 Å². The standard InChI is InChI=1S/C18H36O3.C18H34O2/c1-2-3-4-11-14-17(19)15-12-9-7-5-6-8-10-13-16-18(20)21;1-2-3-4-5-6-7-8-9-10-11-12-13-14-15-16-17-18(19)20/h17,19H,2-16H2,1H3,(H,20,21);7-8H,2-6,9-17H2,1H3,(H,19,20)/b;8-7-. The van der Waals surface area contributed by atoms with Crippen LogP contribution in [0.5, 0.6) is 0 Å². The van der Waals surface area contributed by atoms with E-state index in [9.17, 15) is 14.7 Å². The lowest BCUT2D eigenvalue weighted by molar-refractivity contribution is -0.138. The van der Waals surface area contributed by atoms with Gasteiger partial charge in [-0.25, -0.2) is 0 Å². The molecule has 1 atom stereocenters. The maximum absolute atomic E-state index is 10.3. The summed E-state index contributed by atoms with van der Waals surface area (Å²) in [7, 11) is 0. The third-order valence-corrected chi connectivity index (χ3v) is 7.72. The van der Waals surface area contributed by atoms with Crippen LogP contribution in [-0.4, -0.2) is 33.4 Å². The first-order valence-electron chi connectivity index (χ1n) is 17.7. The van der Waals surface area contributed by atoms with Crippen molar-refractivity contribution in [3.05, 3.63) is 12.2 Å². The van der Waals surface area contributed by atoms with Crippen LogP contribution in [0.4, 0.5) is 0 Å². The largest absolute Gasteiger partial charge is 0.481 e. The van der Waals surface area contributed by atoms with Gasteiger partial charge in [0.15, 0.2) is 0 Å². The lowest BCUT2D eigenvalue weighted by atomic mass is 10.0. The smallest absolute Gasteiger partial charge is 0.303 e. The van der Waals surface area contributed by atoms with Gasteiger partial charge < -0.3 is 15.3 Å². The Labute approximate surface area is 255 Å². The normalized spacial score (nSPS) is 11.9. The fourth-order valence-corrected chi connectivity index (χ4v) is 5.01. The zero-order valence-corrected chi connectivity index (χ0v) is 27.4. The first kappa shape index (κ1) is 41.8. The van der Waals surface area contributed by atoms with Gasteiger partial charge in [-0.15, -0.1) is 0 Å². The third kappa shape index (κ3) is 43.2. The molecule has 0 aromatic rings. The molecule has 0 heterocycles. The molecule has 0 aromatic carbocycles. The first-order valence-corrected chi connectivity index (χ1v) is 17.7. The van der Waals surface area contributed by atoms with Gasteiger partial charge in [0.05, 0.1) is 6.10 Å². The number of hydrogen-bond donors (Lipinski definition) is 3. The van der Waals surface area contributed by atoms with Crippen LogP contribution >= 0.6 is 0 Å². The van der Waals surface area contributed by atoms with Gasteiger partial charge in [0.25, 0.3) is 0 Å². The molecule has 0 spiro atoms. The molecule has 0 rings (SSSR count). The Hall–Kier alpha value is -1.36. The SMILES string of the molecule is CCCCCC/C=C\CCCCCCCCCC(=O)O.CCCCCCC(O)CCCCCCCCCCC(=O)O. The third-order valence-electron chi connectivity index (χ3n) is 7.72. The summed E-state index contributed by atoms with van der Waals surface area (Å²) in [4.78, 5) is 20.7. The maximum Gasteiger partial charge on any atom is 0.303 e. The van der Waals surface area contributed by atoms with Gasteiger partial charge >= 0.3 is 11.9 Å². The Bertz CT molecular complexity index is 560. The second-order valence-corrected chi connectivity index (χ2v) is 12.0. The lowest BCUT2D eigenvalue weighted by Gasteiger charge is -2.10. The molecule has 0 radical (unpaired) electrons. The molecule has 0 aromatic heterocycles. The Balaban J connectivity index is 0. The van der Waals surface area contributed by atoms with E-state index in [0.717, 1.165) is 51.4 Å². The molecule has 0 saturated heterocycles. The van der Waals surface area contributed by atoms with Crippen molar-refractivity contribution >= 4 is 11.9 Å². The first-order chi connectivity index (χ1) is 19.9. The van der Waals surface area contributed by atoms with Crippen molar-refractivity contribution in [1.29, 1.82) is 0 Å². The van der Waals surface area contributed by atoms with E-state index in [-0.39, 0.29) is 6.10 Å². The zero-order valence-electron chi connectivity index (χ0n) is 27.4. The van der Waals surface area contributed by atoms with Crippen LogP contribution in [0.3, 0.4) is 0 Å². The molecule has 0 saturated carbocycles. The Morgan fingerprint density at radius 1 is 0.463 bits per heavy atom. The van der Waals surface area contributed by atoms with Crippen LogP contribution in [-0.2, 0) is 9.59 Å². The van der Waals surface area contributed by atoms with Gasteiger partial charge in [-0.1, -0.05) is 148 Å². The van der Waals surface area contributed by atoms with E-state index in [1.54, 1.807) is 0 Å². The Kier molecular flexibility index (Phi) is 37.4. The number of aliphatic hydroxyl groups is 1. The Morgan fingerprint density at radius 3 is 1.12 bits per heavy atom. The molecular weight excluding hydrogens is 512 g/mol. The van der Waals surface area contributed by atoms with Crippen molar-refractivity contribution < 1.29 is 24.9 Å². The van der Waals surface area contributed by atoms with Crippen LogP contribution in [0.15, 0.2) is 12.2 Å². The lowest BCUT2D eigenvalue weighted by Crippen LogP contribution is -2.05. The topological polar surface area (TPSA) is 94.8 Å². The summed E-state index contributed by atoms with van der Waals surface area (Å²) >= 11 is 0. The van der Waals surface area contributed by atoms with E-state index >= 15 is 0 Å². The van der Waals surface area contributed by atoms with E-state index < -0.39 is 11.9 Å². The summed E-state index contributed by atoms with van der Waals surface area (Å²) in [6.45, 7) is 4.46. The van der Waals surface area contributed by atoms with Crippen molar-refractivity contribution in [1.82, 2.24) is 0 Å². The van der Waals surface area contributed by atoms with Crippen molar-refractivity contribution in [3.63, 3.8) is 0 Å². The molecule has 41 heavy (non-hydrogen) atoms. The molecule has 244 valence electrons. The highest BCUT2D eigenvalue weighted by atomic mass is 16.4. The number of allylic oxidation sites excluding steroid dienone is 2.